The van der Waals surface area contributed by atoms with Crippen molar-refractivity contribution in [2.75, 3.05) is 14.2 Å². The molecule has 1 amide bonds. The van der Waals surface area contributed by atoms with Gasteiger partial charge in [-0.05, 0) is 35.6 Å². The standard InChI is InChI=1S/C21H27NO3/c1-15(2)11-16-7-5-8-17(12-16)13-21(23)22-14-18-19(24-3)9-6-10-20(18)25-4/h5-10,12,15H,11,13-14H2,1-4H3,(H,22,23). The van der Waals surface area contributed by atoms with Gasteiger partial charge in [-0.15, -0.1) is 0 Å². The van der Waals surface area contributed by atoms with Crippen LogP contribution in [-0.2, 0) is 24.2 Å². The van der Waals surface area contributed by atoms with Crippen LogP contribution in [0.3, 0.4) is 0 Å². The predicted molar refractivity (Wildman–Crippen MR) is 100 cm³/mol. The number of benzene rings is 2. The lowest BCUT2D eigenvalue weighted by atomic mass is 10.00. The van der Waals surface area contributed by atoms with Crippen LogP contribution in [0.4, 0.5) is 0 Å². The first kappa shape index (κ1) is 18.8. The van der Waals surface area contributed by atoms with Crippen molar-refractivity contribution in [3.05, 3.63) is 59.2 Å². The van der Waals surface area contributed by atoms with Crippen LogP contribution in [0, 0.1) is 5.92 Å². The van der Waals surface area contributed by atoms with Gasteiger partial charge in [-0.3, -0.25) is 4.79 Å². The molecule has 0 aliphatic heterocycles. The van der Waals surface area contributed by atoms with Crippen LogP contribution in [-0.4, -0.2) is 20.1 Å². The van der Waals surface area contributed by atoms with Crippen LogP contribution in [0.15, 0.2) is 42.5 Å². The smallest absolute Gasteiger partial charge is 0.224 e. The summed E-state index contributed by atoms with van der Waals surface area (Å²) >= 11 is 0. The first-order valence-corrected chi connectivity index (χ1v) is 8.57. The van der Waals surface area contributed by atoms with Crippen molar-refractivity contribution in [3.8, 4) is 11.5 Å². The van der Waals surface area contributed by atoms with Crippen LogP contribution in [0.2, 0.25) is 0 Å². The molecule has 0 spiro atoms. The summed E-state index contributed by atoms with van der Waals surface area (Å²) < 4.78 is 10.7. The SMILES string of the molecule is COc1cccc(OC)c1CNC(=O)Cc1cccc(CC(C)C)c1. The monoisotopic (exact) mass is 341 g/mol. The van der Waals surface area contributed by atoms with Gasteiger partial charge in [-0.1, -0.05) is 44.2 Å². The maximum Gasteiger partial charge on any atom is 0.224 e. The second-order valence-corrected chi connectivity index (χ2v) is 6.51. The third-order valence-electron chi connectivity index (χ3n) is 3.99. The summed E-state index contributed by atoms with van der Waals surface area (Å²) in [5, 5.41) is 2.96. The van der Waals surface area contributed by atoms with Crippen LogP contribution in [0.1, 0.15) is 30.5 Å². The van der Waals surface area contributed by atoms with Gasteiger partial charge in [-0.25, -0.2) is 0 Å². The third kappa shape index (κ3) is 5.52. The molecule has 0 unspecified atom stereocenters. The second-order valence-electron chi connectivity index (χ2n) is 6.51. The third-order valence-corrected chi connectivity index (χ3v) is 3.99. The number of ether oxygens (including phenoxy) is 2. The van der Waals surface area contributed by atoms with Crippen molar-refractivity contribution in [1.29, 1.82) is 0 Å². The Kier molecular flexibility index (Phi) is 6.87. The number of rotatable bonds is 8. The first-order valence-electron chi connectivity index (χ1n) is 8.57. The zero-order valence-corrected chi connectivity index (χ0v) is 15.5. The Balaban J connectivity index is 2.00. The van der Waals surface area contributed by atoms with Gasteiger partial charge in [0.25, 0.3) is 0 Å². The Morgan fingerprint density at radius 3 is 2.20 bits per heavy atom. The van der Waals surface area contributed by atoms with Gasteiger partial charge in [0, 0.05) is 0 Å². The summed E-state index contributed by atoms with van der Waals surface area (Å²) in [7, 11) is 3.22. The highest BCUT2D eigenvalue weighted by Gasteiger charge is 2.11. The zero-order valence-electron chi connectivity index (χ0n) is 15.5. The van der Waals surface area contributed by atoms with Gasteiger partial charge in [0.15, 0.2) is 0 Å². The highest BCUT2D eigenvalue weighted by atomic mass is 16.5. The summed E-state index contributed by atoms with van der Waals surface area (Å²) in [4.78, 5) is 12.3. The minimum absolute atomic E-state index is 0.0188. The number of carbonyl (C=O) groups is 1. The molecule has 0 saturated heterocycles. The lowest BCUT2D eigenvalue weighted by molar-refractivity contribution is -0.120. The second kappa shape index (κ2) is 9.11. The number of amides is 1. The molecule has 0 fully saturated rings. The Bertz CT molecular complexity index is 688. The largest absolute Gasteiger partial charge is 0.496 e. The Hall–Kier alpha value is -2.49. The maximum atomic E-state index is 12.3. The van der Waals surface area contributed by atoms with Crippen molar-refractivity contribution in [1.82, 2.24) is 5.32 Å². The van der Waals surface area contributed by atoms with E-state index in [1.807, 2.05) is 30.3 Å². The van der Waals surface area contributed by atoms with Crippen molar-refractivity contribution in [2.24, 2.45) is 5.92 Å². The van der Waals surface area contributed by atoms with Gasteiger partial charge in [0.2, 0.25) is 5.91 Å². The quantitative estimate of drug-likeness (QED) is 0.795. The molecule has 0 aliphatic rings. The Morgan fingerprint density at radius 1 is 1.00 bits per heavy atom. The molecule has 2 aromatic carbocycles. The van der Waals surface area contributed by atoms with E-state index in [0.717, 1.165) is 17.5 Å². The number of hydrogen-bond donors (Lipinski definition) is 1. The molecular weight excluding hydrogens is 314 g/mol. The van der Waals surface area contributed by atoms with E-state index in [4.69, 9.17) is 9.47 Å². The predicted octanol–water partition coefficient (Wildman–Crippen LogP) is 3.76. The minimum atomic E-state index is -0.0188. The molecule has 4 heteroatoms. The molecule has 4 nitrogen and oxygen atoms in total. The summed E-state index contributed by atoms with van der Waals surface area (Å²) in [5.74, 6) is 1.99. The number of methoxy groups -OCH3 is 2. The summed E-state index contributed by atoms with van der Waals surface area (Å²) in [6.45, 7) is 4.76. The van der Waals surface area contributed by atoms with E-state index in [9.17, 15) is 4.79 Å². The highest BCUT2D eigenvalue weighted by Crippen LogP contribution is 2.27. The van der Waals surface area contributed by atoms with Gasteiger partial charge in [0.1, 0.15) is 11.5 Å². The highest BCUT2D eigenvalue weighted by molar-refractivity contribution is 5.78. The van der Waals surface area contributed by atoms with E-state index in [0.29, 0.717) is 30.4 Å². The Morgan fingerprint density at radius 2 is 1.60 bits per heavy atom. The van der Waals surface area contributed by atoms with Crippen molar-refractivity contribution in [2.45, 2.75) is 33.2 Å². The fourth-order valence-electron chi connectivity index (χ4n) is 2.88. The van der Waals surface area contributed by atoms with Crippen molar-refractivity contribution >= 4 is 5.91 Å². The number of nitrogens with one attached hydrogen (secondary N) is 1. The average Bonchev–Trinajstić information content (AvgIpc) is 2.59. The number of carbonyl (C=O) groups excluding carboxylic acids is 1. The maximum absolute atomic E-state index is 12.3. The molecule has 0 saturated carbocycles. The van der Waals surface area contributed by atoms with Gasteiger partial charge in [-0.2, -0.15) is 0 Å². The molecule has 0 heterocycles. The average molecular weight is 341 g/mol. The summed E-state index contributed by atoms with van der Waals surface area (Å²) in [5.41, 5.74) is 3.14. The fourth-order valence-corrected chi connectivity index (χ4v) is 2.88. The molecule has 1 N–H and O–H groups in total. The topological polar surface area (TPSA) is 47.6 Å². The van der Waals surface area contributed by atoms with E-state index in [2.05, 4.69) is 31.3 Å². The summed E-state index contributed by atoms with van der Waals surface area (Å²) in [6, 6.07) is 13.8. The van der Waals surface area contributed by atoms with Crippen LogP contribution in [0.5, 0.6) is 11.5 Å². The molecule has 25 heavy (non-hydrogen) atoms. The Labute approximate surface area is 150 Å². The van der Waals surface area contributed by atoms with Crippen molar-refractivity contribution in [3.63, 3.8) is 0 Å². The molecule has 134 valence electrons. The van der Waals surface area contributed by atoms with Crippen LogP contribution in [0.25, 0.3) is 0 Å². The van der Waals surface area contributed by atoms with Crippen LogP contribution >= 0.6 is 0 Å². The molecule has 0 aromatic heterocycles. The minimum Gasteiger partial charge on any atom is -0.496 e. The fraction of sp³-hybridized carbons (Fsp3) is 0.381. The molecule has 2 aromatic rings. The van der Waals surface area contributed by atoms with E-state index in [1.54, 1.807) is 14.2 Å². The van der Waals surface area contributed by atoms with Crippen LogP contribution < -0.4 is 14.8 Å². The number of hydrogen-bond acceptors (Lipinski definition) is 3. The van der Waals surface area contributed by atoms with E-state index in [-0.39, 0.29) is 5.91 Å². The molecule has 0 radical (unpaired) electrons. The summed E-state index contributed by atoms with van der Waals surface area (Å²) in [6.07, 6.45) is 1.39. The van der Waals surface area contributed by atoms with Gasteiger partial charge >= 0.3 is 0 Å². The lowest BCUT2D eigenvalue weighted by Crippen LogP contribution is -2.25. The normalized spacial score (nSPS) is 10.6. The van der Waals surface area contributed by atoms with Crippen molar-refractivity contribution < 1.29 is 14.3 Å². The van der Waals surface area contributed by atoms with E-state index < -0.39 is 0 Å². The van der Waals surface area contributed by atoms with Gasteiger partial charge in [0.05, 0.1) is 32.7 Å². The molecule has 2 rings (SSSR count). The molecule has 0 bridgehead atoms. The van der Waals surface area contributed by atoms with Gasteiger partial charge < -0.3 is 14.8 Å². The lowest BCUT2D eigenvalue weighted by Gasteiger charge is -2.14. The first-order chi connectivity index (χ1) is 12.0. The molecule has 0 atom stereocenters. The molecule has 0 aliphatic carbocycles. The van der Waals surface area contributed by atoms with E-state index in [1.165, 1.54) is 5.56 Å². The zero-order chi connectivity index (χ0) is 18.2. The van der Waals surface area contributed by atoms with E-state index >= 15 is 0 Å². The molecular formula is C21H27NO3.